The number of anilines is 2. The highest BCUT2D eigenvalue weighted by molar-refractivity contribution is 5.97. The van der Waals surface area contributed by atoms with Crippen molar-refractivity contribution in [3.63, 3.8) is 0 Å². The lowest BCUT2D eigenvalue weighted by Gasteiger charge is -2.17. The maximum absolute atomic E-state index is 12.2. The second kappa shape index (κ2) is 5.69. The van der Waals surface area contributed by atoms with Gasteiger partial charge in [0.05, 0.1) is 5.92 Å². The summed E-state index contributed by atoms with van der Waals surface area (Å²) in [5.41, 5.74) is 7.32. The molecule has 2 aliphatic rings. The third-order valence-corrected chi connectivity index (χ3v) is 3.95. The minimum Gasteiger partial charge on any atom is -0.326 e. The topological polar surface area (TPSA) is 75.4 Å². The summed E-state index contributed by atoms with van der Waals surface area (Å²) in [5, 5.41) is 2.90. The monoisotopic (exact) mass is 285 g/mol. The summed E-state index contributed by atoms with van der Waals surface area (Å²) < 4.78 is 0. The molecule has 5 heteroatoms. The fourth-order valence-corrected chi connectivity index (χ4v) is 2.83. The molecule has 0 bridgehead atoms. The first kappa shape index (κ1) is 13.8. The van der Waals surface area contributed by atoms with Crippen molar-refractivity contribution >= 4 is 23.2 Å². The molecule has 21 heavy (non-hydrogen) atoms. The summed E-state index contributed by atoms with van der Waals surface area (Å²) in [6.45, 7) is 0.746. The predicted octanol–water partition coefficient (Wildman–Crippen LogP) is 1.66. The maximum atomic E-state index is 12.2. The van der Waals surface area contributed by atoms with Crippen molar-refractivity contribution in [3.05, 3.63) is 36.4 Å². The number of nitrogens with zero attached hydrogens (tertiary/aromatic N) is 1. The summed E-state index contributed by atoms with van der Waals surface area (Å²) in [5.74, 6) is -0.0793. The zero-order valence-electron chi connectivity index (χ0n) is 11.8. The van der Waals surface area contributed by atoms with Gasteiger partial charge in [0.15, 0.2) is 0 Å². The second-order valence-corrected chi connectivity index (χ2v) is 5.58. The van der Waals surface area contributed by atoms with Crippen LogP contribution >= 0.6 is 0 Å². The summed E-state index contributed by atoms with van der Waals surface area (Å²) in [6.07, 6.45) is 5.86. The van der Waals surface area contributed by atoms with E-state index in [1.807, 2.05) is 36.4 Å². The number of hydrogen-bond acceptors (Lipinski definition) is 3. The Hall–Kier alpha value is -2.14. The lowest BCUT2D eigenvalue weighted by atomic mass is 10.1. The second-order valence-electron chi connectivity index (χ2n) is 5.58. The summed E-state index contributed by atoms with van der Waals surface area (Å²) in [4.78, 5) is 25.7. The Morgan fingerprint density at radius 3 is 2.86 bits per heavy atom. The van der Waals surface area contributed by atoms with Crippen LogP contribution in [-0.2, 0) is 9.59 Å². The molecule has 3 rings (SSSR count). The fourth-order valence-electron chi connectivity index (χ4n) is 2.83. The molecular weight excluding hydrogens is 266 g/mol. The van der Waals surface area contributed by atoms with E-state index in [0.717, 1.165) is 18.7 Å². The van der Waals surface area contributed by atoms with Gasteiger partial charge in [-0.1, -0.05) is 18.2 Å². The molecule has 2 amide bonds. The highest BCUT2D eigenvalue weighted by atomic mass is 16.2. The molecule has 1 aromatic carbocycles. The largest absolute Gasteiger partial charge is 0.326 e. The van der Waals surface area contributed by atoms with E-state index in [0.29, 0.717) is 18.5 Å². The van der Waals surface area contributed by atoms with Gasteiger partial charge < -0.3 is 16.0 Å². The smallest absolute Gasteiger partial charge is 0.231 e. The Morgan fingerprint density at radius 1 is 1.33 bits per heavy atom. The van der Waals surface area contributed by atoms with Gasteiger partial charge in [-0.3, -0.25) is 9.59 Å². The van der Waals surface area contributed by atoms with Crippen molar-refractivity contribution in [2.75, 3.05) is 16.8 Å². The van der Waals surface area contributed by atoms with Crippen molar-refractivity contribution in [3.8, 4) is 0 Å². The molecule has 0 aromatic heterocycles. The predicted molar refractivity (Wildman–Crippen MR) is 81.9 cm³/mol. The van der Waals surface area contributed by atoms with E-state index in [4.69, 9.17) is 5.73 Å². The molecule has 0 radical (unpaired) electrons. The van der Waals surface area contributed by atoms with Crippen LogP contribution in [0.1, 0.15) is 19.3 Å². The number of hydrogen-bond donors (Lipinski definition) is 2. The van der Waals surface area contributed by atoms with Crippen molar-refractivity contribution in [2.24, 2.45) is 11.7 Å². The number of carbonyl (C=O) groups is 2. The Bertz CT molecular complexity index is 597. The van der Waals surface area contributed by atoms with Crippen LogP contribution in [-0.4, -0.2) is 24.4 Å². The number of nitrogens with one attached hydrogen (secondary N) is 1. The zero-order valence-corrected chi connectivity index (χ0v) is 11.8. The van der Waals surface area contributed by atoms with Gasteiger partial charge in [-0.25, -0.2) is 0 Å². The van der Waals surface area contributed by atoms with Crippen molar-refractivity contribution < 1.29 is 9.59 Å². The van der Waals surface area contributed by atoms with E-state index >= 15 is 0 Å². The summed E-state index contributed by atoms with van der Waals surface area (Å²) >= 11 is 0. The Kier molecular flexibility index (Phi) is 3.75. The minimum absolute atomic E-state index is 0.0331. The van der Waals surface area contributed by atoms with Gasteiger partial charge >= 0.3 is 0 Å². The average Bonchev–Trinajstić information content (AvgIpc) is 3.08. The quantitative estimate of drug-likeness (QED) is 0.829. The van der Waals surface area contributed by atoms with Crippen molar-refractivity contribution in [2.45, 2.75) is 25.3 Å². The van der Waals surface area contributed by atoms with Crippen LogP contribution in [0.5, 0.6) is 0 Å². The van der Waals surface area contributed by atoms with Gasteiger partial charge in [0.2, 0.25) is 11.8 Å². The molecule has 1 aliphatic carbocycles. The minimum atomic E-state index is -0.169. The highest BCUT2D eigenvalue weighted by Crippen LogP contribution is 2.25. The molecule has 2 atom stereocenters. The van der Waals surface area contributed by atoms with Gasteiger partial charge in [-0.15, -0.1) is 0 Å². The van der Waals surface area contributed by atoms with Gasteiger partial charge in [-0.2, -0.15) is 0 Å². The molecule has 1 aromatic rings. The molecular formula is C16H19N3O2. The van der Waals surface area contributed by atoms with E-state index < -0.39 is 0 Å². The van der Waals surface area contributed by atoms with Gasteiger partial charge in [0.1, 0.15) is 0 Å². The summed E-state index contributed by atoms with van der Waals surface area (Å²) in [6, 6.07) is 7.39. The normalized spacial score (nSPS) is 24.6. The number of benzene rings is 1. The van der Waals surface area contributed by atoms with Crippen LogP contribution in [0.2, 0.25) is 0 Å². The van der Waals surface area contributed by atoms with Gasteiger partial charge in [0, 0.05) is 30.4 Å². The lowest BCUT2D eigenvalue weighted by Crippen LogP contribution is -2.25. The number of rotatable bonds is 3. The average molecular weight is 285 g/mol. The van der Waals surface area contributed by atoms with E-state index in [9.17, 15) is 9.59 Å². The molecule has 1 saturated heterocycles. The van der Waals surface area contributed by atoms with Crippen LogP contribution in [0.4, 0.5) is 11.4 Å². The molecule has 2 unspecified atom stereocenters. The molecule has 1 heterocycles. The zero-order chi connectivity index (χ0) is 14.8. The Balaban J connectivity index is 1.70. The number of nitrogens with two attached hydrogens (primary N) is 1. The Morgan fingerprint density at radius 2 is 2.19 bits per heavy atom. The third kappa shape index (κ3) is 2.97. The molecule has 3 N–H and O–H groups in total. The summed E-state index contributed by atoms with van der Waals surface area (Å²) in [7, 11) is 0. The number of carbonyl (C=O) groups excluding carboxylic acids is 2. The van der Waals surface area contributed by atoms with Crippen molar-refractivity contribution in [1.29, 1.82) is 0 Å². The standard InChI is InChI=1S/C16H19N3O2/c17-12-7-6-11(9-12)16(21)18-13-3-1-4-14(10-13)19-8-2-5-15(19)20/h1,3-4,6-7,10-12H,2,5,8-9,17H2,(H,18,21). The van der Waals surface area contributed by atoms with Crippen LogP contribution in [0, 0.1) is 5.92 Å². The molecule has 1 fully saturated rings. The van der Waals surface area contributed by atoms with E-state index in [2.05, 4.69) is 5.32 Å². The fraction of sp³-hybridized carbons (Fsp3) is 0.375. The first-order valence-electron chi connectivity index (χ1n) is 7.29. The number of amides is 2. The Labute approximate surface area is 123 Å². The van der Waals surface area contributed by atoms with Crippen molar-refractivity contribution in [1.82, 2.24) is 0 Å². The molecule has 1 aliphatic heterocycles. The van der Waals surface area contributed by atoms with Crippen LogP contribution in [0.15, 0.2) is 36.4 Å². The first-order valence-corrected chi connectivity index (χ1v) is 7.29. The van der Waals surface area contributed by atoms with Crippen LogP contribution < -0.4 is 16.0 Å². The van der Waals surface area contributed by atoms with E-state index in [-0.39, 0.29) is 23.8 Å². The highest BCUT2D eigenvalue weighted by Gasteiger charge is 2.24. The van der Waals surface area contributed by atoms with E-state index in [1.165, 1.54) is 0 Å². The third-order valence-electron chi connectivity index (χ3n) is 3.95. The van der Waals surface area contributed by atoms with Gasteiger partial charge in [-0.05, 0) is 31.0 Å². The van der Waals surface area contributed by atoms with E-state index in [1.54, 1.807) is 4.90 Å². The molecule has 110 valence electrons. The van der Waals surface area contributed by atoms with Crippen LogP contribution in [0.3, 0.4) is 0 Å². The maximum Gasteiger partial charge on any atom is 0.231 e. The van der Waals surface area contributed by atoms with Gasteiger partial charge in [0.25, 0.3) is 0 Å². The SMILES string of the molecule is NC1C=CC(C(=O)Nc2cccc(N3CCCC3=O)c2)C1. The van der Waals surface area contributed by atoms with Crippen LogP contribution in [0.25, 0.3) is 0 Å². The first-order chi connectivity index (χ1) is 10.1. The molecule has 5 nitrogen and oxygen atoms in total. The lowest BCUT2D eigenvalue weighted by molar-refractivity contribution is -0.118. The molecule has 0 saturated carbocycles. The molecule has 0 spiro atoms.